The van der Waals surface area contributed by atoms with E-state index in [1.54, 1.807) is 42.5 Å². The maximum absolute atomic E-state index is 14.3. The Morgan fingerprint density at radius 3 is 2.44 bits per heavy atom. The maximum atomic E-state index is 14.3. The summed E-state index contributed by atoms with van der Waals surface area (Å²) in [6, 6.07) is 16.2. The molecule has 0 amide bonds. The zero-order valence-corrected chi connectivity index (χ0v) is 25.2. The predicted octanol–water partition coefficient (Wildman–Crippen LogP) is 6.88. The SMILES string of the molecule is CCOC(=O)C1=C(C(F)(F)F)N=c2s/c(=C\c3cccc(OCc4ccc(Cl)cc4Cl)c3)c(=O)n2[C@H]1c1ccc(Cl)cc1. The van der Waals surface area contributed by atoms with E-state index in [0.29, 0.717) is 31.9 Å². The van der Waals surface area contributed by atoms with Crippen LogP contribution in [0.4, 0.5) is 13.2 Å². The minimum Gasteiger partial charge on any atom is -0.489 e. The van der Waals surface area contributed by atoms with Crippen molar-refractivity contribution in [2.45, 2.75) is 25.7 Å². The molecule has 4 aromatic rings. The molecule has 0 spiro atoms. The van der Waals surface area contributed by atoms with Crippen LogP contribution < -0.4 is 19.6 Å². The van der Waals surface area contributed by atoms with Gasteiger partial charge in [-0.3, -0.25) is 9.36 Å². The summed E-state index contributed by atoms with van der Waals surface area (Å²) < 4.78 is 54.9. The Balaban J connectivity index is 1.60. The zero-order chi connectivity index (χ0) is 30.9. The number of nitrogens with zero attached hydrogens (tertiary/aromatic N) is 2. The van der Waals surface area contributed by atoms with Gasteiger partial charge in [-0.1, -0.05) is 76.5 Å². The van der Waals surface area contributed by atoms with Crippen LogP contribution in [0.15, 0.2) is 87.8 Å². The van der Waals surface area contributed by atoms with Crippen molar-refractivity contribution in [1.29, 1.82) is 0 Å². The van der Waals surface area contributed by atoms with Gasteiger partial charge in [0, 0.05) is 20.6 Å². The molecule has 5 rings (SSSR count). The lowest BCUT2D eigenvalue weighted by Crippen LogP contribution is -2.41. The standard InChI is InChI=1S/C30H20Cl3F3N2O4S/c1-2-41-28(40)24-25(17-6-9-19(31)10-7-17)38-27(39)23(43-29(38)37-26(24)30(34,35)36)13-16-4-3-5-21(12-16)42-15-18-8-11-20(32)14-22(18)33/h3-14,25H,2,15H2,1H3/b23-13-/t25-/m0/s1. The van der Waals surface area contributed by atoms with Gasteiger partial charge in [0.25, 0.3) is 5.56 Å². The molecule has 2 heterocycles. The average Bonchev–Trinajstić information content (AvgIpc) is 3.26. The molecule has 0 saturated carbocycles. The fraction of sp³-hybridized carbons (Fsp3) is 0.167. The molecular weight excluding hydrogens is 648 g/mol. The number of benzene rings is 3. The van der Waals surface area contributed by atoms with Crippen molar-refractivity contribution < 1.29 is 27.4 Å². The topological polar surface area (TPSA) is 69.9 Å². The van der Waals surface area contributed by atoms with Gasteiger partial charge >= 0.3 is 12.1 Å². The van der Waals surface area contributed by atoms with Crippen molar-refractivity contribution in [2.24, 2.45) is 4.99 Å². The zero-order valence-electron chi connectivity index (χ0n) is 22.1. The van der Waals surface area contributed by atoms with E-state index < -0.39 is 35.0 Å². The molecule has 0 N–H and O–H groups in total. The molecule has 1 aromatic heterocycles. The number of hydrogen-bond donors (Lipinski definition) is 0. The smallest absolute Gasteiger partial charge is 0.434 e. The Kier molecular flexibility index (Phi) is 9.03. The Hall–Kier alpha value is -3.57. The van der Waals surface area contributed by atoms with E-state index >= 15 is 0 Å². The van der Waals surface area contributed by atoms with Gasteiger partial charge in [-0.2, -0.15) is 13.2 Å². The molecule has 13 heteroatoms. The minimum atomic E-state index is -5.00. The van der Waals surface area contributed by atoms with Crippen LogP contribution in [0.5, 0.6) is 5.75 Å². The summed E-state index contributed by atoms with van der Waals surface area (Å²) >= 11 is 19.0. The second-order valence-electron chi connectivity index (χ2n) is 9.21. The number of halogens is 6. The number of esters is 1. The van der Waals surface area contributed by atoms with Crippen LogP contribution in [0.2, 0.25) is 15.1 Å². The van der Waals surface area contributed by atoms with Gasteiger partial charge < -0.3 is 9.47 Å². The number of hydrogen-bond acceptors (Lipinski definition) is 6. The minimum absolute atomic E-state index is 0.0993. The fourth-order valence-electron chi connectivity index (χ4n) is 4.45. The number of aromatic nitrogens is 1. The number of alkyl halides is 3. The first-order chi connectivity index (χ1) is 20.5. The van der Waals surface area contributed by atoms with Crippen molar-refractivity contribution in [3.8, 4) is 5.75 Å². The van der Waals surface area contributed by atoms with E-state index in [2.05, 4.69) is 4.99 Å². The van der Waals surface area contributed by atoms with E-state index in [0.717, 1.165) is 15.9 Å². The van der Waals surface area contributed by atoms with Gasteiger partial charge in [0.05, 0.1) is 22.8 Å². The molecular formula is C30H20Cl3F3N2O4S. The molecule has 43 heavy (non-hydrogen) atoms. The van der Waals surface area contributed by atoms with E-state index in [9.17, 15) is 22.8 Å². The normalized spacial score (nSPS) is 15.2. The van der Waals surface area contributed by atoms with Crippen LogP contribution in [0.3, 0.4) is 0 Å². The van der Waals surface area contributed by atoms with Crippen molar-refractivity contribution in [1.82, 2.24) is 4.57 Å². The first-order valence-corrected chi connectivity index (χ1v) is 14.6. The molecule has 0 radical (unpaired) electrons. The van der Waals surface area contributed by atoms with Gasteiger partial charge in [0.2, 0.25) is 0 Å². The summed E-state index contributed by atoms with van der Waals surface area (Å²) in [5, 5.41) is 1.27. The number of rotatable bonds is 7. The molecule has 0 bridgehead atoms. The lowest BCUT2D eigenvalue weighted by Gasteiger charge is -2.26. The van der Waals surface area contributed by atoms with Crippen LogP contribution >= 0.6 is 46.1 Å². The maximum Gasteiger partial charge on any atom is 0.434 e. The molecule has 1 atom stereocenters. The van der Waals surface area contributed by atoms with Crippen LogP contribution in [0.1, 0.15) is 29.7 Å². The number of allylic oxidation sites excluding steroid dienone is 1. The van der Waals surface area contributed by atoms with E-state index in [4.69, 9.17) is 44.3 Å². The third-order valence-electron chi connectivity index (χ3n) is 6.35. The highest BCUT2D eigenvalue weighted by Crippen LogP contribution is 2.38. The molecule has 0 fully saturated rings. The molecule has 1 aliphatic rings. The quantitative estimate of drug-likeness (QED) is 0.202. The number of fused-ring (bicyclic) bond motifs is 1. The average molecular weight is 668 g/mol. The first-order valence-electron chi connectivity index (χ1n) is 12.7. The summed E-state index contributed by atoms with van der Waals surface area (Å²) in [5.74, 6) is -0.756. The summed E-state index contributed by atoms with van der Waals surface area (Å²) in [7, 11) is 0. The van der Waals surface area contributed by atoms with Crippen LogP contribution in [-0.2, 0) is 16.1 Å². The van der Waals surface area contributed by atoms with E-state index in [1.165, 1.54) is 37.3 Å². The monoisotopic (exact) mass is 666 g/mol. The molecule has 0 aliphatic carbocycles. The van der Waals surface area contributed by atoms with Gasteiger partial charge in [-0.05, 0) is 60.5 Å². The second kappa shape index (κ2) is 12.6. The van der Waals surface area contributed by atoms with Crippen LogP contribution in [0, 0.1) is 0 Å². The molecule has 0 saturated heterocycles. The number of ether oxygens (including phenoxy) is 2. The van der Waals surface area contributed by atoms with Crippen molar-refractivity contribution in [3.63, 3.8) is 0 Å². The molecule has 222 valence electrons. The lowest BCUT2D eigenvalue weighted by atomic mass is 9.95. The summed E-state index contributed by atoms with van der Waals surface area (Å²) in [5.41, 5.74) is -1.35. The Bertz CT molecular complexity index is 1920. The number of carbonyl (C=O) groups is 1. The summed E-state index contributed by atoms with van der Waals surface area (Å²) in [4.78, 5) is 30.2. The third kappa shape index (κ3) is 6.67. The summed E-state index contributed by atoms with van der Waals surface area (Å²) in [6.45, 7) is 1.45. The number of carbonyl (C=O) groups excluding carboxylic acids is 1. The van der Waals surface area contributed by atoms with Crippen molar-refractivity contribution >= 4 is 58.2 Å². The third-order valence-corrected chi connectivity index (χ3v) is 8.17. The first kappa shape index (κ1) is 30.9. The van der Waals surface area contributed by atoms with E-state index in [-0.39, 0.29) is 28.1 Å². The second-order valence-corrected chi connectivity index (χ2v) is 11.5. The summed E-state index contributed by atoms with van der Waals surface area (Å²) in [6.07, 6.45) is -3.48. The molecule has 3 aromatic carbocycles. The Morgan fingerprint density at radius 1 is 1.05 bits per heavy atom. The largest absolute Gasteiger partial charge is 0.489 e. The van der Waals surface area contributed by atoms with Crippen molar-refractivity contribution in [3.05, 3.63) is 129 Å². The van der Waals surface area contributed by atoms with Gasteiger partial charge in [0.15, 0.2) is 10.5 Å². The Morgan fingerprint density at radius 2 is 1.77 bits per heavy atom. The number of thiazole rings is 1. The highest BCUT2D eigenvalue weighted by atomic mass is 35.5. The van der Waals surface area contributed by atoms with Gasteiger partial charge in [0.1, 0.15) is 12.4 Å². The van der Waals surface area contributed by atoms with Gasteiger partial charge in [-0.15, -0.1) is 0 Å². The van der Waals surface area contributed by atoms with Gasteiger partial charge in [-0.25, -0.2) is 9.79 Å². The predicted molar refractivity (Wildman–Crippen MR) is 159 cm³/mol. The van der Waals surface area contributed by atoms with Crippen LogP contribution in [-0.4, -0.2) is 23.3 Å². The highest BCUT2D eigenvalue weighted by molar-refractivity contribution is 7.07. The fourth-order valence-corrected chi connectivity index (χ4v) is 6.04. The van der Waals surface area contributed by atoms with Crippen LogP contribution in [0.25, 0.3) is 6.08 Å². The highest BCUT2D eigenvalue weighted by Gasteiger charge is 2.45. The molecule has 6 nitrogen and oxygen atoms in total. The molecule has 0 unspecified atom stereocenters. The van der Waals surface area contributed by atoms with Crippen molar-refractivity contribution in [2.75, 3.05) is 6.61 Å². The lowest BCUT2D eigenvalue weighted by molar-refractivity contribution is -0.140. The van der Waals surface area contributed by atoms with E-state index in [1.807, 2.05) is 0 Å². The molecule has 1 aliphatic heterocycles. The Labute approximate surface area is 261 Å².